The van der Waals surface area contributed by atoms with Crippen LogP contribution in [0.5, 0.6) is 0 Å². The van der Waals surface area contributed by atoms with Crippen molar-refractivity contribution < 1.29 is 39.3 Å². The molecule has 0 aromatic heterocycles. The van der Waals surface area contributed by atoms with Crippen LogP contribution in [0.25, 0.3) is 0 Å². The summed E-state index contributed by atoms with van der Waals surface area (Å²) in [6.45, 7) is 3.89. The van der Waals surface area contributed by atoms with E-state index in [0.717, 1.165) is 12.8 Å². The smallest absolute Gasteiger partial charge is 0.236 e. The van der Waals surface area contributed by atoms with Crippen LogP contribution < -0.4 is 0 Å². The molecule has 2 rings (SSSR count). The molecule has 0 fully saturated rings. The zero-order valence-corrected chi connectivity index (χ0v) is 14.7. The average Bonchev–Trinajstić information content (AvgIpc) is 2.46. The standard InChI is InChI=1S/2C9H9F2.Ti/c2*1-2-3-7-4-5-8(10)6-9(7)11;/h2*4-5H,2-3H2,1H3;/q2*-1;+4. The first-order valence-corrected chi connectivity index (χ1v) is 7.20. The van der Waals surface area contributed by atoms with Crippen molar-refractivity contribution in [3.8, 4) is 0 Å². The quantitative estimate of drug-likeness (QED) is 0.388. The van der Waals surface area contributed by atoms with Gasteiger partial charge in [-0.15, -0.1) is 35.4 Å². The minimum atomic E-state index is -0.637. The Kier molecular flexibility index (Phi) is 10.9. The van der Waals surface area contributed by atoms with Gasteiger partial charge in [0.25, 0.3) is 0 Å². The van der Waals surface area contributed by atoms with Crippen LogP contribution in [0, 0.1) is 35.4 Å². The van der Waals surface area contributed by atoms with Crippen molar-refractivity contribution >= 4 is 0 Å². The summed E-state index contributed by atoms with van der Waals surface area (Å²) < 4.78 is 50.1. The van der Waals surface area contributed by atoms with Crippen LogP contribution >= 0.6 is 0 Å². The van der Waals surface area contributed by atoms with E-state index in [9.17, 15) is 17.6 Å². The second-order valence-electron chi connectivity index (χ2n) is 4.79. The van der Waals surface area contributed by atoms with Crippen LogP contribution in [-0.2, 0) is 34.6 Å². The first kappa shape index (κ1) is 21.9. The van der Waals surface area contributed by atoms with E-state index in [2.05, 4.69) is 0 Å². The molecular formula is C18H18F4Ti+2. The molecule has 0 saturated carbocycles. The number of hydrogen-bond donors (Lipinski definition) is 0. The van der Waals surface area contributed by atoms with Crippen molar-refractivity contribution in [3.63, 3.8) is 0 Å². The Balaban J connectivity index is 0.000000403. The van der Waals surface area contributed by atoms with E-state index in [1.54, 1.807) is 0 Å². The molecule has 0 saturated heterocycles. The summed E-state index contributed by atoms with van der Waals surface area (Å²) in [5.41, 5.74) is 1.07. The molecule has 0 aliphatic heterocycles. The number of benzene rings is 2. The van der Waals surface area contributed by atoms with Gasteiger partial charge in [0.1, 0.15) is 0 Å². The Bertz CT molecular complexity index is 546. The van der Waals surface area contributed by atoms with Crippen molar-refractivity contribution in [1.29, 1.82) is 0 Å². The zero-order valence-electron chi connectivity index (χ0n) is 13.1. The fourth-order valence-electron chi connectivity index (χ4n) is 1.87. The molecule has 0 heterocycles. The Morgan fingerprint density at radius 3 is 1.30 bits per heavy atom. The molecule has 2 aromatic carbocycles. The van der Waals surface area contributed by atoms with Crippen LogP contribution in [0.1, 0.15) is 37.8 Å². The van der Waals surface area contributed by atoms with Crippen molar-refractivity contribution in [2.45, 2.75) is 39.5 Å². The van der Waals surface area contributed by atoms with E-state index in [1.807, 2.05) is 26.0 Å². The average molecular weight is 358 g/mol. The molecule has 0 bridgehead atoms. The van der Waals surface area contributed by atoms with Gasteiger partial charge in [-0.2, -0.15) is 12.1 Å². The van der Waals surface area contributed by atoms with Crippen LogP contribution in [0.2, 0.25) is 0 Å². The fourth-order valence-corrected chi connectivity index (χ4v) is 1.87. The molecule has 0 nitrogen and oxygen atoms in total. The molecule has 2 aromatic rings. The minimum Gasteiger partial charge on any atom is -0.236 e. The van der Waals surface area contributed by atoms with Crippen molar-refractivity contribution in [2.24, 2.45) is 0 Å². The normalized spacial score (nSPS) is 9.65. The van der Waals surface area contributed by atoms with Gasteiger partial charge >= 0.3 is 21.7 Å². The maximum atomic E-state index is 12.7. The first-order chi connectivity index (χ1) is 10.5. The summed E-state index contributed by atoms with van der Waals surface area (Å²) in [5, 5.41) is 0. The summed E-state index contributed by atoms with van der Waals surface area (Å²) in [6, 6.07) is 9.37. The van der Waals surface area contributed by atoms with E-state index in [4.69, 9.17) is 0 Å². The molecule has 0 unspecified atom stereocenters. The summed E-state index contributed by atoms with van der Waals surface area (Å²) in [7, 11) is 0. The largest absolute Gasteiger partial charge is 4.00 e. The van der Waals surface area contributed by atoms with Crippen molar-refractivity contribution in [2.75, 3.05) is 0 Å². The number of hydrogen-bond acceptors (Lipinski definition) is 0. The molecule has 0 radical (unpaired) electrons. The van der Waals surface area contributed by atoms with Gasteiger partial charge in [0, 0.05) is 23.3 Å². The fraction of sp³-hybridized carbons (Fsp3) is 0.333. The zero-order chi connectivity index (χ0) is 16.5. The predicted octanol–water partition coefficient (Wildman–Crippen LogP) is 5.43. The van der Waals surface area contributed by atoms with Gasteiger partial charge in [-0.3, -0.25) is 0 Å². The molecule has 5 heteroatoms. The SMILES string of the molecule is CCCc1ccc(F)[c-]c1F.CCCc1ccc(F)[c-]c1F.[Ti+4]. The van der Waals surface area contributed by atoms with Crippen LogP contribution in [-0.4, -0.2) is 0 Å². The summed E-state index contributed by atoms with van der Waals surface area (Å²) in [6.07, 6.45) is 3.00. The third kappa shape index (κ3) is 7.80. The summed E-state index contributed by atoms with van der Waals surface area (Å²) in [5.74, 6) is -2.40. The first-order valence-electron chi connectivity index (χ1n) is 7.20. The van der Waals surface area contributed by atoms with Crippen molar-refractivity contribution in [3.05, 3.63) is 70.8 Å². The van der Waals surface area contributed by atoms with Gasteiger partial charge in [-0.25, -0.2) is 17.6 Å². The molecule has 0 atom stereocenters. The number of aryl methyl sites for hydroxylation is 2. The Labute approximate surface area is 149 Å². The van der Waals surface area contributed by atoms with E-state index >= 15 is 0 Å². The van der Waals surface area contributed by atoms with Crippen LogP contribution in [0.4, 0.5) is 17.6 Å². The second-order valence-corrected chi connectivity index (χ2v) is 4.79. The van der Waals surface area contributed by atoms with E-state index < -0.39 is 23.3 Å². The summed E-state index contributed by atoms with van der Waals surface area (Å²) in [4.78, 5) is 0. The molecule has 0 aliphatic rings. The Hall–Kier alpha value is -1.13. The van der Waals surface area contributed by atoms with Crippen LogP contribution in [0.3, 0.4) is 0 Å². The minimum absolute atomic E-state index is 0. The van der Waals surface area contributed by atoms with Gasteiger partial charge in [-0.05, 0) is 0 Å². The van der Waals surface area contributed by atoms with E-state index in [0.29, 0.717) is 24.0 Å². The molecule has 120 valence electrons. The van der Waals surface area contributed by atoms with Crippen molar-refractivity contribution in [1.82, 2.24) is 0 Å². The Morgan fingerprint density at radius 2 is 1.04 bits per heavy atom. The van der Waals surface area contributed by atoms with Gasteiger partial charge < -0.3 is 0 Å². The number of rotatable bonds is 4. The maximum absolute atomic E-state index is 12.7. The molecule has 0 aliphatic carbocycles. The topological polar surface area (TPSA) is 0 Å². The van der Waals surface area contributed by atoms with Gasteiger partial charge in [-0.1, -0.05) is 39.5 Å². The van der Waals surface area contributed by atoms with E-state index in [-0.39, 0.29) is 21.7 Å². The Morgan fingerprint density at radius 1 is 0.696 bits per heavy atom. The van der Waals surface area contributed by atoms with E-state index in [1.165, 1.54) is 24.3 Å². The van der Waals surface area contributed by atoms with Gasteiger partial charge in [0.2, 0.25) is 0 Å². The monoisotopic (exact) mass is 358 g/mol. The molecule has 0 amide bonds. The summed E-state index contributed by atoms with van der Waals surface area (Å²) >= 11 is 0. The third-order valence-corrected chi connectivity index (χ3v) is 2.92. The second kappa shape index (κ2) is 11.4. The molecule has 23 heavy (non-hydrogen) atoms. The molecular weight excluding hydrogens is 340 g/mol. The molecule has 0 spiro atoms. The maximum Gasteiger partial charge on any atom is 4.00 e. The third-order valence-electron chi connectivity index (χ3n) is 2.92. The predicted molar refractivity (Wildman–Crippen MR) is 78.4 cm³/mol. The van der Waals surface area contributed by atoms with Gasteiger partial charge in [0.05, 0.1) is 0 Å². The number of halogens is 4. The van der Waals surface area contributed by atoms with Gasteiger partial charge in [0.15, 0.2) is 0 Å². The van der Waals surface area contributed by atoms with Crippen LogP contribution in [0.15, 0.2) is 24.3 Å². The molecule has 0 N–H and O–H groups in total.